The number of carbonyl (C=O) groups is 1. The quantitative estimate of drug-likeness (QED) is 0.461. The van der Waals surface area contributed by atoms with E-state index >= 15 is 0 Å². The van der Waals surface area contributed by atoms with Crippen molar-refractivity contribution in [3.05, 3.63) is 75.9 Å². The lowest BCUT2D eigenvalue weighted by Crippen LogP contribution is -2.39. The van der Waals surface area contributed by atoms with E-state index in [1.54, 1.807) is 31.2 Å². The Morgan fingerprint density at radius 2 is 2.12 bits per heavy atom. The van der Waals surface area contributed by atoms with E-state index in [1.807, 2.05) is 19.1 Å². The summed E-state index contributed by atoms with van der Waals surface area (Å²) in [5.74, 6) is -1.08. The lowest BCUT2D eigenvalue weighted by molar-refractivity contribution is -0.136. The van der Waals surface area contributed by atoms with Crippen LogP contribution >= 0.6 is 0 Å². The Kier molecular flexibility index (Phi) is 9.17. The van der Waals surface area contributed by atoms with Crippen LogP contribution in [0.5, 0.6) is 0 Å². The first-order chi connectivity index (χ1) is 16.3. The average molecular weight is 469 g/mol. The Morgan fingerprint density at radius 3 is 2.82 bits per heavy atom. The number of carboxylic acid groups (broad SMARTS) is 1. The SMILES string of the molecule is [C-]#[N+]c1ccc([C@@H](C)OC[C@H](O)CN2CCC[C@H]2Cc2ccc(C)c(F)c2)c(CCC(=O)O)c1. The Hall–Kier alpha value is -2.79. The largest absolute Gasteiger partial charge is 0.481 e. The van der Waals surface area contributed by atoms with E-state index in [4.69, 9.17) is 16.4 Å². The van der Waals surface area contributed by atoms with Crippen molar-refractivity contribution in [2.75, 3.05) is 19.7 Å². The number of halogens is 1. The fourth-order valence-electron chi connectivity index (χ4n) is 4.59. The highest BCUT2D eigenvalue weighted by Gasteiger charge is 2.27. The van der Waals surface area contributed by atoms with Gasteiger partial charge in [-0.25, -0.2) is 9.24 Å². The van der Waals surface area contributed by atoms with Crippen LogP contribution in [0.3, 0.4) is 0 Å². The molecule has 2 aromatic rings. The molecule has 6 nitrogen and oxygen atoms in total. The fraction of sp³-hybridized carbons (Fsp3) is 0.481. The minimum atomic E-state index is -0.892. The van der Waals surface area contributed by atoms with Crippen LogP contribution in [0.4, 0.5) is 10.1 Å². The number of aryl methyl sites for hydroxylation is 2. The van der Waals surface area contributed by atoms with Gasteiger partial charge in [-0.05, 0) is 68.8 Å². The van der Waals surface area contributed by atoms with Crippen LogP contribution < -0.4 is 0 Å². The molecule has 0 saturated carbocycles. The number of carboxylic acids is 1. The van der Waals surface area contributed by atoms with E-state index in [9.17, 15) is 14.3 Å². The van der Waals surface area contributed by atoms with Crippen molar-refractivity contribution in [1.82, 2.24) is 4.90 Å². The molecule has 0 radical (unpaired) electrons. The maximum Gasteiger partial charge on any atom is 0.303 e. The van der Waals surface area contributed by atoms with Gasteiger partial charge in [-0.1, -0.05) is 35.9 Å². The third-order valence-corrected chi connectivity index (χ3v) is 6.49. The van der Waals surface area contributed by atoms with Gasteiger partial charge in [-0.3, -0.25) is 9.69 Å². The molecule has 0 unspecified atom stereocenters. The van der Waals surface area contributed by atoms with Crippen LogP contribution in [0.25, 0.3) is 4.85 Å². The topological polar surface area (TPSA) is 74.4 Å². The van der Waals surface area contributed by atoms with E-state index in [-0.39, 0.29) is 31.0 Å². The molecular formula is C27H33FN2O4. The molecule has 3 rings (SSSR count). The molecule has 2 N–H and O–H groups in total. The molecule has 7 heteroatoms. The minimum absolute atomic E-state index is 0.0228. The number of benzene rings is 2. The number of likely N-dealkylation sites (tertiary alicyclic amines) is 1. The highest BCUT2D eigenvalue weighted by molar-refractivity contribution is 5.67. The number of aliphatic carboxylic acids is 1. The molecule has 1 aliphatic heterocycles. The molecule has 1 saturated heterocycles. The zero-order valence-corrected chi connectivity index (χ0v) is 19.8. The second-order valence-electron chi connectivity index (χ2n) is 9.10. The predicted octanol–water partition coefficient (Wildman–Crippen LogP) is 4.85. The number of aliphatic hydroxyl groups is 1. The van der Waals surface area contributed by atoms with Gasteiger partial charge in [0.05, 0.1) is 25.4 Å². The van der Waals surface area contributed by atoms with Crippen LogP contribution in [0.15, 0.2) is 36.4 Å². The number of nitrogens with zero attached hydrogens (tertiary/aromatic N) is 2. The zero-order chi connectivity index (χ0) is 24.7. The summed E-state index contributed by atoms with van der Waals surface area (Å²) in [6.45, 7) is 12.4. The monoisotopic (exact) mass is 468 g/mol. The first-order valence-electron chi connectivity index (χ1n) is 11.8. The molecular weight excluding hydrogens is 435 g/mol. The Balaban J connectivity index is 1.55. The Labute approximate surface area is 200 Å². The molecule has 182 valence electrons. The summed E-state index contributed by atoms with van der Waals surface area (Å²) >= 11 is 0. The molecule has 1 heterocycles. The van der Waals surface area contributed by atoms with Crippen molar-refractivity contribution in [2.24, 2.45) is 0 Å². The molecule has 2 aromatic carbocycles. The van der Waals surface area contributed by atoms with Gasteiger partial charge in [0.15, 0.2) is 5.69 Å². The fourth-order valence-corrected chi connectivity index (χ4v) is 4.59. The van der Waals surface area contributed by atoms with Crippen LogP contribution in [0, 0.1) is 19.3 Å². The highest BCUT2D eigenvalue weighted by Crippen LogP contribution is 2.27. The zero-order valence-electron chi connectivity index (χ0n) is 19.8. The first-order valence-corrected chi connectivity index (χ1v) is 11.8. The van der Waals surface area contributed by atoms with Gasteiger partial charge in [0.2, 0.25) is 0 Å². The smallest absolute Gasteiger partial charge is 0.303 e. The summed E-state index contributed by atoms with van der Waals surface area (Å²) in [6.07, 6.45) is 2.08. The third-order valence-electron chi connectivity index (χ3n) is 6.49. The number of aliphatic hydroxyl groups excluding tert-OH is 1. The predicted molar refractivity (Wildman–Crippen MR) is 128 cm³/mol. The second-order valence-corrected chi connectivity index (χ2v) is 9.10. The van der Waals surface area contributed by atoms with Crippen molar-refractivity contribution in [1.29, 1.82) is 0 Å². The maximum absolute atomic E-state index is 13.9. The van der Waals surface area contributed by atoms with E-state index < -0.39 is 12.1 Å². The van der Waals surface area contributed by atoms with Crippen molar-refractivity contribution in [3.8, 4) is 0 Å². The first kappa shape index (κ1) is 25.8. The third kappa shape index (κ3) is 7.10. The molecule has 34 heavy (non-hydrogen) atoms. The summed E-state index contributed by atoms with van der Waals surface area (Å²) in [6, 6.07) is 10.9. The average Bonchev–Trinajstić information content (AvgIpc) is 3.24. The van der Waals surface area contributed by atoms with Crippen molar-refractivity contribution < 1.29 is 24.1 Å². The molecule has 0 aliphatic carbocycles. The summed E-state index contributed by atoms with van der Waals surface area (Å²) in [5.41, 5.74) is 3.69. The van der Waals surface area contributed by atoms with Crippen molar-refractivity contribution >= 4 is 11.7 Å². The van der Waals surface area contributed by atoms with Crippen LogP contribution in [-0.4, -0.2) is 52.9 Å². The van der Waals surface area contributed by atoms with Crippen LogP contribution in [-0.2, 0) is 22.4 Å². The van der Waals surface area contributed by atoms with E-state index in [0.717, 1.165) is 42.5 Å². The van der Waals surface area contributed by atoms with Gasteiger partial charge in [-0.15, -0.1) is 0 Å². The summed E-state index contributed by atoms with van der Waals surface area (Å²) < 4.78 is 19.9. The molecule has 3 atom stereocenters. The van der Waals surface area contributed by atoms with Gasteiger partial charge in [0.25, 0.3) is 0 Å². The standard InChI is InChI=1S/C27H33FN2O4/c1-18-6-7-20(14-26(18)28)13-23-5-4-12-30(23)16-24(31)17-34-19(2)25-10-9-22(29-3)15-21(25)8-11-27(32)33/h6-7,9-10,14-15,19,23-24,31H,4-5,8,11-13,16-17H2,1-2H3,(H,32,33)/t19-,23+,24-/m1/s1. The molecule has 1 fully saturated rings. The van der Waals surface area contributed by atoms with E-state index in [0.29, 0.717) is 24.2 Å². The van der Waals surface area contributed by atoms with Crippen molar-refractivity contribution in [3.63, 3.8) is 0 Å². The van der Waals surface area contributed by atoms with Gasteiger partial charge in [0.1, 0.15) is 5.82 Å². The maximum atomic E-state index is 13.9. The van der Waals surface area contributed by atoms with Gasteiger partial charge < -0.3 is 14.9 Å². The summed E-state index contributed by atoms with van der Waals surface area (Å²) in [4.78, 5) is 16.7. The van der Waals surface area contributed by atoms with E-state index in [1.165, 1.54) is 0 Å². The normalized spacial score (nSPS) is 17.9. The molecule has 0 bridgehead atoms. The molecule has 0 aromatic heterocycles. The lowest BCUT2D eigenvalue weighted by Gasteiger charge is -2.28. The van der Waals surface area contributed by atoms with Gasteiger partial charge in [-0.2, -0.15) is 0 Å². The molecule has 1 aliphatic rings. The van der Waals surface area contributed by atoms with E-state index in [2.05, 4.69) is 9.74 Å². The van der Waals surface area contributed by atoms with Gasteiger partial charge in [0, 0.05) is 19.0 Å². The molecule has 0 spiro atoms. The molecule has 0 amide bonds. The van der Waals surface area contributed by atoms with Crippen molar-refractivity contribution in [2.45, 2.75) is 64.2 Å². The number of ether oxygens (including phenoxy) is 1. The minimum Gasteiger partial charge on any atom is -0.481 e. The number of β-amino-alcohol motifs (C(OH)–C–C–N with tert-alkyl or cyclic N) is 1. The number of hydrogen-bond donors (Lipinski definition) is 2. The lowest BCUT2D eigenvalue weighted by atomic mass is 9.98. The second kappa shape index (κ2) is 12.1. The van der Waals surface area contributed by atoms with Crippen LogP contribution in [0.2, 0.25) is 0 Å². The number of hydrogen-bond acceptors (Lipinski definition) is 4. The Morgan fingerprint density at radius 1 is 1.32 bits per heavy atom. The van der Waals surface area contributed by atoms with Crippen LogP contribution in [0.1, 0.15) is 54.5 Å². The Bertz CT molecular complexity index is 1040. The number of rotatable bonds is 11. The van der Waals surface area contributed by atoms with Gasteiger partial charge >= 0.3 is 5.97 Å². The highest BCUT2D eigenvalue weighted by atomic mass is 19.1. The summed E-state index contributed by atoms with van der Waals surface area (Å²) in [5, 5.41) is 19.7. The summed E-state index contributed by atoms with van der Waals surface area (Å²) in [7, 11) is 0.